The summed E-state index contributed by atoms with van der Waals surface area (Å²) in [6.07, 6.45) is 0.134. The topological polar surface area (TPSA) is 66.9 Å². The molecule has 6 nitrogen and oxygen atoms in total. The van der Waals surface area contributed by atoms with Gasteiger partial charge in [-0.3, -0.25) is 19.3 Å². The van der Waals surface area contributed by atoms with Gasteiger partial charge >= 0.3 is 0 Å². The van der Waals surface area contributed by atoms with E-state index in [1.807, 2.05) is 13.8 Å². The first-order valence-corrected chi connectivity index (χ1v) is 7.75. The standard InChI is InChI=1S/C17H20N2O4/c1-17(2)11-23-10-9-19(17)14(20)7-8-18-15(21)12-5-3-4-6-13(12)16(18)22/h3-6H,7-11H2,1-2H3. The minimum atomic E-state index is -0.364. The van der Waals surface area contributed by atoms with Crippen LogP contribution in [0.3, 0.4) is 0 Å². The van der Waals surface area contributed by atoms with Gasteiger partial charge in [0, 0.05) is 19.5 Å². The second-order valence-corrected chi connectivity index (χ2v) is 6.47. The number of imide groups is 1. The fraction of sp³-hybridized carbons (Fsp3) is 0.471. The maximum Gasteiger partial charge on any atom is 0.261 e. The number of nitrogens with zero attached hydrogens (tertiary/aromatic N) is 2. The summed E-state index contributed by atoms with van der Waals surface area (Å²) in [4.78, 5) is 40.0. The lowest BCUT2D eigenvalue weighted by atomic mass is 10.0. The number of morpholine rings is 1. The van der Waals surface area contributed by atoms with E-state index in [1.165, 1.54) is 0 Å². The van der Waals surface area contributed by atoms with Gasteiger partial charge in [0.25, 0.3) is 11.8 Å². The summed E-state index contributed by atoms with van der Waals surface area (Å²) in [7, 11) is 0. The van der Waals surface area contributed by atoms with Crippen LogP contribution < -0.4 is 0 Å². The van der Waals surface area contributed by atoms with Crippen molar-refractivity contribution >= 4 is 17.7 Å². The quantitative estimate of drug-likeness (QED) is 0.789. The zero-order valence-corrected chi connectivity index (χ0v) is 13.4. The molecule has 0 saturated carbocycles. The second kappa shape index (κ2) is 5.77. The van der Waals surface area contributed by atoms with Crippen molar-refractivity contribution in [2.75, 3.05) is 26.3 Å². The summed E-state index contributed by atoms with van der Waals surface area (Å²) < 4.78 is 5.41. The third-order valence-corrected chi connectivity index (χ3v) is 4.37. The van der Waals surface area contributed by atoms with Gasteiger partial charge in [0.2, 0.25) is 5.91 Å². The molecule has 0 aliphatic carbocycles. The molecule has 2 aliphatic rings. The Morgan fingerprint density at radius 3 is 2.35 bits per heavy atom. The molecule has 0 aromatic heterocycles. The highest BCUT2D eigenvalue weighted by atomic mass is 16.5. The van der Waals surface area contributed by atoms with Crippen molar-refractivity contribution in [2.45, 2.75) is 25.8 Å². The van der Waals surface area contributed by atoms with Gasteiger partial charge in [-0.15, -0.1) is 0 Å². The lowest BCUT2D eigenvalue weighted by Gasteiger charge is -2.42. The van der Waals surface area contributed by atoms with Crippen LogP contribution in [0.1, 0.15) is 41.0 Å². The van der Waals surface area contributed by atoms with E-state index >= 15 is 0 Å². The largest absolute Gasteiger partial charge is 0.377 e. The summed E-state index contributed by atoms with van der Waals surface area (Å²) in [5.41, 5.74) is 0.463. The van der Waals surface area contributed by atoms with Crippen LogP contribution in [0, 0.1) is 0 Å². The predicted molar refractivity (Wildman–Crippen MR) is 83.0 cm³/mol. The molecular weight excluding hydrogens is 296 g/mol. The highest BCUT2D eigenvalue weighted by Crippen LogP contribution is 2.24. The van der Waals surface area contributed by atoms with Crippen molar-refractivity contribution < 1.29 is 19.1 Å². The fourth-order valence-corrected chi connectivity index (χ4v) is 3.11. The number of benzene rings is 1. The zero-order chi connectivity index (χ0) is 16.6. The van der Waals surface area contributed by atoms with Gasteiger partial charge in [0.1, 0.15) is 0 Å². The molecule has 2 heterocycles. The Balaban J connectivity index is 1.66. The van der Waals surface area contributed by atoms with Crippen molar-refractivity contribution in [3.8, 4) is 0 Å². The highest BCUT2D eigenvalue weighted by molar-refractivity contribution is 6.21. The molecule has 0 radical (unpaired) electrons. The predicted octanol–water partition coefficient (Wildman–Crippen LogP) is 1.31. The van der Waals surface area contributed by atoms with Gasteiger partial charge in [-0.1, -0.05) is 12.1 Å². The first kappa shape index (κ1) is 15.7. The molecule has 122 valence electrons. The van der Waals surface area contributed by atoms with Gasteiger partial charge in [-0.05, 0) is 26.0 Å². The van der Waals surface area contributed by atoms with Crippen molar-refractivity contribution in [3.05, 3.63) is 35.4 Å². The maximum atomic E-state index is 12.5. The molecule has 3 amide bonds. The smallest absolute Gasteiger partial charge is 0.261 e. The van der Waals surface area contributed by atoms with Crippen LogP contribution in [0.5, 0.6) is 0 Å². The molecule has 0 unspecified atom stereocenters. The minimum Gasteiger partial charge on any atom is -0.377 e. The highest BCUT2D eigenvalue weighted by Gasteiger charge is 2.37. The van der Waals surface area contributed by atoms with E-state index in [4.69, 9.17) is 4.74 Å². The van der Waals surface area contributed by atoms with Gasteiger partial charge < -0.3 is 9.64 Å². The monoisotopic (exact) mass is 316 g/mol. The number of rotatable bonds is 3. The van der Waals surface area contributed by atoms with Crippen LogP contribution in [0.25, 0.3) is 0 Å². The summed E-state index contributed by atoms with van der Waals surface area (Å²) in [5.74, 6) is -0.700. The molecule has 23 heavy (non-hydrogen) atoms. The van der Waals surface area contributed by atoms with Crippen molar-refractivity contribution in [1.82, 2.24) is 9.80 Å². The molecule has 1 aromatic carbocycles. The Morgan fingerprint density at radius 2 is 1.78 bits per heavy atom. The van der Waals surface area contributed by atoms with Gasteiger partial charge in [0.15, 0.2) is 0 Å². The van der Waals surface area contributed by atoms with E-state index in [1.54, 1.807) is 29.2 Å². The third kappa shape index (κ3) is 2.74. The van der Waals surface area contributed by atoms with E-state index in [0.717, 1.165) is 4.90 Å². The van der Waals surface area contributed by atoms with Crippen molar-refractivity contribution in [1.29, 1.82) is 0 Å². The molecule has 0 spiro atoms. The number of fused-ring (bicyclic) bond motifs is 1. The Labute approximate surface area is 135 Å². The molecule has 0 bridgehead atoms. The molecule has 0 atom stereocenters. The normalized spacial score (nSPS) is 19.9. The average Bonchev–Trinajstić information content (AvgIpc) is 2.77. The second-order valence-electron chi connectivity index (χ2n) is 6.47. The van der Waals surface area contributed by atoms with E-state index in [9.17, 15) is 14.4 Å². The molecule has 1 fully saturated rings. The Bertz CT molecular complexity index is 633. The molecule has 1 aromatic rings. The summed E-state index contributed by atoms with van der Waals surface area (Å²) in [6.45, 7) is 5.55. The summed E-state index contributed by atoms with van der Waals surface area (Å²) in [6, 6.07) is 6.74. The lowest BCUT2D eigenvalue weighted by molar-refractivity contribution is -0.146. The van der Waals surface area contributed by atoms with Crippen LogP contribution in [-0.4, -0.2) is 59.4 Å². The Kier molecular flexibility index (Phi) is 3.93. The number of ether oxygens (including phenoxy) is 1. The van der Waals surface area contributed by atoms with Crippen molar-refractivity contribution in [3.63, 3.8) is 0 Å². The third-order valence-electron chi connectivity index (χ3n) is 4.37. The molecule has 1 saturated heterocycles. The van der Waals surface area contributed by atoms with Gasteiger partial charge in [-0.2, -0.15) is 0 Å². The van der Waals surface area contributed by atoms with E-state index < -0.39 is 0 Å². The molecule has 6 heteroatoms. The van der Waals surface area contributed by atoms with Crippen molar-refractivity contribution in [2.24, 2.45) is 0 Å². The first-order valence-electron chi connectivity index (χ1n) is 7.75. The average molecular weight is 316 g/mol. The van der Waals surface area contributed by atoms with E-state index in [-0.39, 0.29) is 36.2 Å². The SMILES string of the molecule is CC1(C)COCCN1C(=O)CCN1C(=O)c2ccccc2C1=O. The Morgan fingerprint density at radius 1 is 1.17 bits per heavy atom. The van der Waals surface area contributed by atoms with Crippen LogP contribution in [0.2, 0.25) is 0 Å². The zero-order valence-electron chi connectivity index (χ0n) is 13.4. The number of hydrogen-bond donors (Lipinski definition) is 0. The number of amides is 3. The van der Waals surface area contributed by atoms with Crippen LogP contribution in [0.4, 0.5) is 0 Å². The molecule has 0 N–H and O–H groups in total. The maximum absolute atomic E-state index is 12.5. The first-order chi connectivity index (χ1) is 10.9. The number of hydrogen-bond acceptors (Lipinski definition) is 4. The van der Waals surface area contributed by atoms with Gasteiger partial charge in [-0.25, -0.2) is 0 Å². The summed E-state index contributed by atoms with van der Waals surface area (Å²) >= 11 is 0. The summed E-state index contributed by atoms with van der Waals surface area (Å²) in [5, 5.41) is 0. The molecule has 3 rings (SSSR count). The Hall–Kier alpha value is -2.21. The lowest BCUT2D eigenvalue weighted by Crippen LogP contribution is -2.56. The van der Waals surface area contributed by atoms with Gasteiger partial charge in [0.05, 0.1) is 29.9 Å². The molecule has 2 aliphatic heterocycles. The number of carbonyl (C=O) groups excluding carboxylic acids is 3. The van der Waals surface area contributed by atoms with Crippen LogP contribution in [-0.2, 0) is 9.53 Å². The molecular formula is C17H20N2O4. The fourth-order valence-electron chi connectivity index (χ4n) is 3.11. The number of carbonyl (C=O) groups is 3. The van der Waals surface area contributed by atoms with Crippen LogP contribution >= 0.6 is 0 Å². The van der Waals surface area contributed by atoms with Crippen LogP contribution in [0.15, 0.2) is 24.3 Å². The van der Waals surface area contributed by atoms with E-state index in [2.05, 4.69) is 0 Å². The van der Waals surface area contributed by atoms with E-state index in [0.29, 0.717) is 30.9 Å². The minimum absolute atomic E-state index is 0.0603.